The SMILES string of the molecule is Cc1cc(C)cc(CSc2c(F)cccc2CCN)c1. The Kier molecular flexibility index (Phi) is 5.21. The smallest absolute Gasteiger partial charge is 0.137 e. The van der Waals surface area contributed by atoms with Gasteiger partial charge in [-0.25, -0.2) is 4.39 Å². The highest BCUT2D eigenvalue weighted by Crippen LogP contribution is 2.29. The summed E-state index contributed by atoms with van der Waals surface area (Å²) in [5.41, 5.74) is 10.3. The third kappa shape index (κ3) is 3.84. The summed E-state index contributed by atoms with van der Waals surface area (Å²) in [7, 11) is 0. The standard InChI is InChI=1S/C17H20FNS/c1-12-8-13(2)10-14(9-12)11-20-17-15(6-7-19)4-3-5-16(17)18/h3-5,8-10H,6-7,11,19H2,1-2H3. The summed E-state index contributed by atoms with van der Waals surface area (Å²) < 4.78 is 14.0. The zero-order valence-corrected chi connectivity index (χ0v) is 12.8. The van der Waals surface area contributed by atoms with Crippen LogP contribution in [-0.4, -0.2) is 6.54 Å². The van der Waals surface area contributed by atoms with Crippen molar-refractivity contribution in [3.63, 3.8) is 0 Å². The second kappa shape index (κ2) is 6.91. The Morgan fingerprint density at radius 1 is 1.10 bits per heavy atom. The minimum Gasteiger partial charge on any atom is -0.330 e. The van der Waals surface area contributed by atoms with Crippen LogP contribution >= 0.6 is 11.8 Å². The number of aryl methyl sites for hydroxylation is 2. The molecule has 106 valence electrons. The molecule has 0 aromatic heterocycles. The molecule has 0 amide bonds. The van der Waals surface area contributed by atoms with Gasteiger partial charge >= 0.3 is 0 Å². The zero-order valence-electron chi connectivity index (χ0n) is 11.9. The maximum absolute atomic E-state index is 14.0. The van der Waals surface area contributed by atoms with Crippen LogP contribution in [0.1, 0.15) is 22.3 Å². The molecular weight excluding hydrogens is 269 g/mol. The zero-order chi connectivity index (χ0) is 14.5. The summed E-state index contributed by atoms with van der Waals surface area (Å²) in [6, 6.07) is 11.7. The molecule has 0 aliphatic rings. The summed E-state index contributed by atoms with van der Waals surface area (Å²) in [5, 5.41) is 0. The van der Waals surface area contributed by atoms with Crippen LogP contribution < -0.4 is 5.73 Å². The minimum absolute atomic E-state index is 0.148. The Hall–Kier alpha value is -1.32. The molecule has 2 aromatic carbocycles. The number of hydrogen-bond acceptors (Lipinski definition) is 2. The first-order valence-electron chi connectivity index (χ1n) is 6.77. The van der Waals surface area contributed by atoms with Gasteiger partial charge in [-0.3, -0.25) is 0 Å². The molecule has 0 spiro atoms. The van der Waals surface area contributed by atoms with Crippen molar-refractivity contribution in [2.24, 2.45) is 5.73 Å². The number of rotatable bonds is 5. The Labute approximate surface area is 124 Å². The lowest BCUT2D eigenvalue weighted by Crippen LogP contribution is -2.04. The van der Waals surface area contributed by atoms with E-state index in [2.05, 4.69) is 32.0 Å². The molecule has 2 N–H and O–H groups in total. The first kappa shape index (κ1) is 15.1. The fraction of sp³-hybridized carbons (Fsp3) is 0.294. The molecule has 0 unspecified atom stereocenters. The monoisotopic (exact) mass is 289 g/mol. The highest BCUT2D eigenvalue weighted by Gasteiger charge is 2.09. The van der Waals surface area contributed by atoms with E-state index in [0.29, 0.717) is 13.0 Å². The van der Waals surface area contributed by atoms with E-state index in [9.17, 15) is 4.39 Å². The van der Waals surface area contributed by atoms with Crippen LogP contribution in [-0.2, 0) is 12.2 Å². The summed E-state index contributed by atoms with van der Waals surface area (Å²) in [4.78, 5) is 0.733. The van der Waals surface area contributed by atoms with Crippen LogP contribution in [0, 0.1) is 19.7 Å². The van der Waals surface area contributed by atoms with Crippen LogP contribution in [0.4, 0.5) is 4.39 Å². The summed E-state index contributed by atoms with van der Waals surface area (Å²) in [6.45, 7) is 4.72. The fourth-order valence-electron chi connectivity index (χ4n) is 2.38. The van der Waals surface area contributed by atoms with Gasteiger partial charge in [0.25, 0.3) is 0 Å². The molecule has 1 nitrogen and oxygen atoms in total. The van der Waals surface area contributed by atoms with E-state index in [1.54, 1.807) is 17.8 Å². The molecule has 0 aliphatic carbocycles. The first-order valence-corrected chi connectivity index (χ1v) is 7.76. The quantitative estimate of drug-likeness (QED) is 0.833. The van der Waals surface area contributed by atoms with E-state index >= 15 is 0 Å². The van der Waals surface area contributed by atoms with Crippen LogP contribution in [0.2, 0.25) is 0 Å². The van der Waals surface area contributed by atoms with E-state index in [4.69, 9.17) is 5.73 Å². The van der Waals surface area contributed by atoms with E-state index in [-0.39, 0.29) is 5.82 Å². The molecule has 0 fully saturated rings. The van der Waals surface area contributed by atoms with Crippen LogP contribution in [0.5, 0.6) is 0 Å². The molecule has 0 saturated heterocycles. The van der Waals surface area contributed by atoms with Crippen molar-refractivity contribution in [3.8, 4) is 0 Å². The summed E-state index contributed by atoms with van der Waals surface area (Å²) in [5.74, 6) is 0.631. The van der Waals surface area contributed by atoms with Gasteiger partial charge in [0.2, 0.25) is 0 Å². The number of hydrogen-bond donors (Lipinski definition) is 1. The van der Waals surface area contributed by atoms with Gasteiger partial charge in [-0.05, 0) is 44.0 Å². The molecule has 0 heterocycles. The van der Waals surface area contributed by atoms with Gasteiger partial charge < -0.3 is 5.73 Å². The molecule has 3 heteroatoms. The lowest BCUT2D eigenvalue weighted by Gasteiger charge is -2.10. The van der Waals surface area contributed by atoms with Gasteiger partial charge in [0.1, 0.15) is 5.82 Å². The number of thioether (sulfide) groups is 1. The maximum Gasteiger partial charge on any atom is 0.137 e. The number of halogens is 1. The van der Waals surface area contributed by atoms with E-state index in [1.807, 2.05) is 6.07 Å². The Morgan fingerprint density at radius 3 is 2.45 bits per heavy atom. The van der Waals surface area contributed by atoms with Gasteiger partial charge in [-0.1, -0.05) is 41.5 Å². The van der Waals surface area contributed by atoms with Crippen LogP contribution in [0.3, 0.4) is 0 Å². The Bertz CT molecular complexity index is 575. The Balaban J connectivity index is 2.18. The lowest BCUT2D eigenvalue weighted by molar-refractivity contribution is 0.597. The van der Waals surface area contributed by atoms with E-state index in [1.165, 1.54) is 22.8 Å². The largest absolute Gasteiger partial charge is 0.330 e. The summed E-state index contributed by atoms with van der Waals surface area (Å²) >= 11 is 1.55. The molecule has 20 heavy (non-hydrogen) atoms. The van der Waals surface area contributed by atoms with Crippen molar-refractivity contribution < 1.29 is 4.39 Å². The van der Waals surface area contributed by atoms with Gasteiger partial charge in [0, 0.05) is 10.6 Å². The van der Waals surface area contributed by atoms with E-state index in [0.717, 1.165) is 16.2 Å². The third-order valence-electron chi connectivity index (χ3n) is 3.13. The van der Waals surface area contributed by atoms with Crippen molar-refractivity contribution in [1.29, 1.82) is 0 Å². The average molecular weight is 289 g/mol. The van der Waals surface area contributed by atoms with Crippen molar-refractivity contribution in [3.05, 3.63) is 64.5 Å². The molecule has 0 saturated carbocycles. The molecule has 0 bridgehead atoms. The number of nitrogens with two attached hydrogens (primary N) is 1. The van der Waals surface area contributed by atoms with E-state index < -0.39 is 0 Å². The molecule has 2 aromatic rings. The third-order valence-corrected chi connectivity index (χ3v) is 4.35. The van der Waals surface area contributed by atoms with Gasteiger partial charge in [0.15, 0.2) is 0 Å². The lowest BCUT2D eigenvalue weighted by atomic mass is 10.1. The highest BCUT2D eigenvalue weighted by molar-refractivity contribution is 7.98. The van der Waals surface area contributed by atoms with Crippen molar-refractivity contribution in [1.82, 2.24) is 0 Å². The van der Waals surface area contributed by atoms with Crippen molar-refractivity contribution in [2.45, 2.75) is 30.9 Å². The van der Waals surface area contributed by atoms with Crippen molar-refractivity contribution >= 4 is 11.8 Å². The maximum atomic E-state index is 14.0. The van der Waals surface area contributed by atoms with Gasteiger partial charge in [-0.15, -0.1) is 11.8 Å². The first-order chi connectivity index (χ1) is 9.60. The minimum atomic E-state index is -0.148. The topological polar surface area (TPSA) is 26.0 Å². The predicted octanol–water partition coefficient (Wildman–Crippen LogP) is 4.24. The van der Waals surface area contributed by atoms with Gasteiger partial charge in [0.05, 0.1) is 0 Å². The molecular formula is C17H20FNS. The molecule has 0 radical (unpaired) electrons. The molecule has 0 aliphatic heterocycles. The fourth-order valence-corrected chi connectivity index (χ4v) is 3.41. The molecule has 0 atom stereocenters. The van der Waals surface area contributed by atoms with Crippen LogP contribution in [0.25, 0.3) is 0 Å². The second-order valence-corrected chi connectivity index (χ2v) is 6.04. The molecule has 2 rings (SSSR count). The van der Waals surface area contributed by atoms with Gasteiger partial charge in [-0.2, -0.15) is 0 Å². The highest BCUT2D eigenvalue weighted by atomic mass is 32.2. The average Bonchev–Trinajstić information content (AvgIpc) is 2.37. The normalized spacial score (nSPS) is 10.8. The Morgan fingerprint density at radius 2 is 1.80 bits per heavy atom. The second-order valence-electron chi connectivity index (χ2n) is 5.05. The van der Waals surface area contributed by atoms with Crippen LogP contribution in [0.15, 0.2) is 41.3 Å². The van der Waals surface area contributed by atoms with Crippen molar-refractivity contribution in [2.75, 3.05) is 6.54 Å². The predicted molar refractivity (Wildman–Crippen MR) is 84.6 cm³/mol. The summed E-state index contributed by atoms with van der Waals surface area (Å²) in [6.07, 6.45) is 0.715. The number of benzene rings is 2.